The highest BCUT2D eigenvalue weighted by Gasteiger charge is 2.24. The van der Waals surface area contributed by atoms with Gasteiger partial charge >= 0.3 is 6.09 Å². The van der Waals surface area contributed by atoms with Crippen LogP contribution < -0.4 is 10.6 Å². The van der Waals surface area contributed by atoms with Crippen molar-refractivity contribution in [2.75, 3.05) is 6.61 Å². The molecule has 0 saturated heterocycles. The fourth-order valence-corrected chi connectivity index (χ4v) is 1.86. The largest absolute Gasteiger partial charge is 0.450 e. The van der Waals surface area contributed by atoms with Gasteiger partial charge in [0.05, 0.1) is 6.61 Å². The van der Waals surface area contributed by atoms with E-state index in [1.807, 2.05) is 26.0 Å². The minimum atomic E-state index is -0.628. The number of hydrogen-bond acceptors (Lipinski definition) is 3. The lowest BCUT2D eigenvalue weighted by molar-refractivity contribution is -0.124. The number of halogens is 1. The summed E-state index contributed by atoms with van der Waals surface area (Å²) in [5.74, 6) is -0.285. The van der Waals surface area contributed by atoms with Crippen molar-refractivity contribution in [3.8, 4) is 0 Å². The quantitative estimate of drug-likeness (QED) is 0.848. The average molecular weight is 313 g/mol. The molecule has 0 aromatic heterocycles. The Morgan fingerprint density at radius 1 is 1.24 bits per heavy atom. The topological polar surface area (TPSA) is 67.4 Å². The molecule has 0 aliphatic carbocycles. The highest BCUT2D eigenvalue weighted by molar-refractivity contribution is 6.30. The van der Waals surface area contributed by atoms with Crippen LogP contribution in [0.25, 0.3) is 0 Å². The van der Waals surface area contributed by atoms with Gasteiger partial charge in [-0.3, -0.25) is 4.79 Å². The second-order valence-corrected chi connectivity index (χ2v) is 5.37. The van der Waals surface area contributed by atoms with Crippen molar-refractivity contribution in [3.05, 3.63) is 34.9 Å². The third kappa shape index (κ3) is 6.04. The van der Waals surface area contributed by atoms with Crippen molar-refractivity contribution in [1.82, 2.24) is 10.6 Å². The first-order valence-electron chi connectivity index (χ1n) is 6.89. The van der Waals surface area contributed by atoms with Gasteiger partial charge in [0, 0.05) is 11.6 Å². The zero-order chi connectivity index (χ0) is 15.8. The summed E-state index contributed by atoms with van der Waals surface area (Å²) < 4.78 is 4.80. The van der Waals surface area contributed by atoms with Crippen molar-refractivity contribution in [3.63, 3.8) is 0 Å². The highest BCUT2D eigenvalue weighted by Crippen LogP contribution is 2.09. The van der Waals surface area contributed by atoms with Crippen LogP contribution in [0.4, 0.5) is 4.79 Å². The fourth-order valence-electron chi connectivity index (χ4n) is 1.74. The summed E-state index contributed by atoms with van der Waals surface area (Å²) in [5, 5.41) is 6.01. The van der Waals surface area contributed by atoms with Crippen LogP contribution in [0.2, 0.25) is 5.02 Å². The summed E-state index contributed by atoms with van der Waals surface area (Å²) in [6, 6.07) is 6.58. The Kier molecular flexibility index (Phi) is 7.02. The first-order valence-corrected chi connectivity index (χ1v) is 7.27. The monoisotopic (exact) mass is 312 g/mol. The van der Waals surface area contributed by atoms with E-state index in [0.717, 1.165) is 5.56 Å². The molecule has 0 aliphatic heterocycles. The van der Waals surface area contributed by atoms with Crippen LogP contribution >= 0.6 is 11.6 Å². The summed E-state index contributed by atoms with van der Waals surface area (Å²) in [5.41, 5.74) is 0.936. The standard InChI is InChI=1S/C15H21ClN2O3/c1-4-21-15(20)18-13(10(2)3)14(19)17-9-11-5-7-12(16)8-6-11/h5-8,10,13H,4,9H2,1-3H3,(H,17,19)(H,18,20). The maximum absolute atomic E-state index is 12.2. The van der Waals surface area contributed by atoms with E-state index in [4.69, 9.17) is 16.3 Å². The number of hydrogen-bond donors (Lipinski definition) is 2. The second-order valence-electron chi connectivity index (χ2n) is 4.93. The minimum Gasteiger partial charge on any atom is -0.450 e. The van der Waals surface area contributed by atoms with Gasteiger partial charge in [0.25, 0.3) is 0 Å². The van der Waals surface area contributed by atoms with Gasteiger partial charge in [0.1, 0.15) is 6.04 Å². The number of rotatable bonds is 6. The molecule has 1 atom stereocenters. The average Bonchev–Trinajstić information content (AvgIpc) is 2.44. The van der Waals surface area contributed by atoms with Crippen molar-refractivity contribution < 1.29 is 14.3 Å². The molecule has 0 spiro atoms. The lowest BCUT2D eigenvalue weighted by Crippen LogP contribution is -2.49. The molecule has 0 heterocycles. The molecule has 1 aromatic carbocycles. The zero-order valence-corrected chi connectivity index (χ0v) is 13.2. The van der Waals surface area contributed by atoms with Gasteiger partial charge in [-0.05, 0) is 30.5 Å². The second kappa shape index (κ2) is 8.52. The molecule has 6 heteroatoms. The molecule has 116 valence electrons. The first kappa shape index (κ1) is 17.3. The van der Waals surface area contributed by atoms with Gasteiger partial charge in [-0.15, -0.1) is 0 Å². The van der Waals surface area contributed by atoms with Crippen LogP contribution in [0, 0.1) is 5.92 Å². The SMILES string of the molecule is CCOC(=O)NC(C(=O)NCc1ccc(Cl)cc1)C(C)C. The molecular weight excluding hydrogens is 292 g/mol. The van der Waals surface area contributed by atoms with Crippen molar-refractivity contribution in [2.45, 2.75) is 33.4 Å². The molecule has 5 nitrogen and oxygen atoms in total. The number of ether oxygens (including phenoxy) is 1. The number of amides is 2. The molecule has 1 aromatic rings. The third-order valence-corrected chi connectivity index (χ3v) is 3.13. The predicted molar refractivity (Wildman–Crippen MR) is 82.1 cm³/mol. The first-order chi connectivity index (χ1) is 9.93. The summed E-state index contributed by atoms with van der Waals surface area (Å²) in [6.45, 7) is 6.08. The van der Waals surface area contributed by atoms with E-state index >= 15 is 0 Å². The molecule has 1 unspecified atom stereocenters. The zero-order valence-electron chi connectivity index (χ0n) is 12.5. The number of carbonyl (C=O) groups excluding carboxylic acids is 2. The number of carbonyl (C=O) groups is 2. The number of benzene rings is 1. The van der Waals surface area contributed by atoms with Crippen molar-refractivity contribution in [2.24, 2.45) is 5.92 Å². The molecule has 0 saturated carbocycles. The molecule has 0 radical (unpaired) electrons. The van der Waals surface area contributed by atoms with E-state index < -0.39 is 12.1 Å². The lowest BCUT2D eigenvalue weighted by atomic mass is 10.0. The Hall–Kier alpha value is -1.75. The molecule has 21 heavy (non-hydrogen) atoms. The Morgan fingerprint density at radius 3 is 2.38 bits per heavy atom. The molecular formula is C15H21ClN2O3. The molecule has 2 amide bonds. The van der Waals surface area contributed by atoms with Gasteiger partial charge in [-0.2, -0.15) is 0 Å². The Labute approximate surface area is 130 Å². The normalized spacial score (nSPS) is 11.9. The van der Waals surface area contributed by atoms with E-state index in [9.17, 15) is 9.59 Å². The fraction of sp³-hybridized carbons (Fsp3) is 0.467. The molecule has 2 N–H and O–H groups in total. The maximum atomic E-state index is 12.2. The van der Waals surface area contributed by atoms with Gasteiger partial charge in [-0.1, -0.05) is 37.6 Å². The van der Waals surface area contributed by atoms with E-state index in [2.05, 4.69) is 10.6 Å². The van der Waals surface area contributed by atoms with Crippen LogP contribution in [-0.2, 0) is 16.1 Å². The Morgan fingerprint density at radius 2 is 1.86 bits per heavy atom. The Balaban J connectivity index is 2.56. The summed E-state index contributed by atoms with van der Waals surface area (Å²) in [4.78, 5) is 23.6. The van der Waals surface area contributed by atoms with Gasteiger partial charge in [0.15, 0.2) is 0 Å². The smallest absolute Gasteiger partial charge is 0.407 e. The van der Waals surface area contributed by atoms with Gasteiger partial charge < -0.3 is 15.4 Å². The summed E-state index contributed by atoms with van der Waals surface area (Å²) >= 11 is 5.80. The highest BCUT2D eigenvalue weighted by atomic mass is 35.5. The van der Waals surface area contributed by atoms with E-state index in [1.54, 1.807) is 19.1 Å². The lowest BCUT2D eigenvalue weighted by Gasteiger charge is -2.21. The van der Waals surface area contributed by atoms with E-state index in [0.29, 0.717) is 11.6 Å². The molecule has 1 rings (SSSR count). The van der Waals surface area contributed by atoms with Gasteiger partial charge in [-0.25, -0.2) is 4.79 Å². The van der Waals surface area contributed by atoms with Crippen molar-refractivity contribution >= 4 is 23.6 Å². The summed E-state index contributed by atoms with van der Waals surface area (Å²) in [7, 11) is 0. The number of alkyl carbamates (subject to hydrolysis) is 1. The van der Waals surface area contributed by atoms with E-state index in [1.165, 1.54) is 0 Å². The summed E-state index contributed by atoms with van der Waals surface area (Å²) in [6.07, 6.45) is -0.585. The van der Waals surface area contributed by atoms with Crippen LogP contribution in [-0.4, -0.2) is 24.6 Å². The molecule has 0 aliphatic rings. The van der Waals surface area contributed by atoms with Crippen LogP contribution in [0.5, 0.6) is 0 Å². The predicted octanol–water partition coefficient (Wildman–Crippen LogP) is 2.73. The van der Waals surface area contributed by atoms with Crippen LogP contribution in [0.15, 0.2) is 24.3 Å². The Bertz CT molecular complexity index is 474. The number of nitrogens with one attached hydrogen (secondary N) is 2. The molecule has 0 bridgehead atoms. The third-order valence-electron chi connectivity index (χ3n) is 2.88. The van der Waals surface area contributed by atoms with Crippen LogP contribution in [0.3, 0.4) is 0 Å². The minimum absolute atomic E-state index is 0.0420. The van der Waals surface area contributed by atoms with E-state index in [-0.39, 0.29) is 18.4 Å². The van der Waals surface area contributed by atoms with Gasteiger partial charge in [0.2, 0.25) is 5.91 Å². The van der Waals surface area contributed by atoms with Crippen LogP contribution in [0.1, 0.15) is 26.3 Å². The maximum Gasteiger partial charge on any atom is 0.407 e. The van der Waals surface area contributed by atoms with Crippen molar-refractivity contribution in [1.29, 1.82) is 0 Å². The molecule has 0 fully saturated rings.